The lowest BCUT2D eigenvalue weighted by molar-refractivity contribution is 0.728. The van der Waals surface area contributed by atoms with Crippen LogP contribution in [0.25, 0.3) is 0 Å². The van der Waals surface area contributed by atoms with Crippen LogP contribution >= 0.6 is 0 Å². The Hall–Kier alpha value is -0.300. The number of nitrogens with two attached hydrogens (primary N) is 1. The van der Waals surface area contributed by atoms with Gasteiger partial charge in [0.1, 0.15) is 0 Å². The molecule has 0 aliphatic rings. The molecule has 0 saturated heterocycles. The van der Waals surface area contributed by atoms with Crippen molar-refractivity contribution in [3.63, 3.8) is 0 Å². The van der Waals surface area contributed by atoms with E-state index in [1.807, 2.05) is 6.08 Å². The van der Waals surface area contributed by atoms with E-state index in [1.54, 1.807) is 0 Å². The monoisotopic (exact) mass is 127 g/mol. The summed E-state index contributed by atoms with van der Waals surface area (Å²) < 4.78 is 0. The topological polar surface area (TPSA) is 26.0 Å². The Bertz CT molecular complexity index is 67.0. The molecule has 0 amide bonds. The molecule has 0 aromatic heterocycles. The van der Waals surface area contributed by atoms with Crippen molar-refractivity contribution in [1.82, 2.24) is 0 Å². The van der Waals surface area contributed by atoms with E-state index in [0.29, 0.717) is 6.54 Å². The lowest BCUT2D eigenvalue weighted by Crippen LogP contribution is -1.91. The smallest absolute Gasteiger partial charge is 0.0106 e. The van der Waals surface area contributed by atoms with Gasteiger partial charge in [0.05, 0.1) is 0 Å². The molecular formula is C8H17N. The molecule has 0 radical (unpaired) electrons. The van der Waals surface area contributed by atoms with E-state index < -0.39 is 0 Å². The van der Waals surface area contributed by atoms with Gasteiger partial charge in [0.2, 0.25) is 0 Å². The number of allylic oxidation sites excluding steroid dienone is 1. The molecule has 0 bridgehead atoms. The SMILES string of the molecule is CCCCC/C=C\CN. The minimum absolute atomic E-state index is 0.687. The summed E-state index contributed by atoms with van der Waals surface area (Å²) in [4.78, 5) is 0. The summed E-state index contributed by atoms with van der Waals surface area (Å²) in [5.41, 5.74) is 5.26. The Morgan fingerprint density at radius 3 is 2.56 bits per heavy atom. The fraction of sp³-hybridized carbons (Fsp3) is 0.750. The molecule has 0 atom stereocenters. The van der Waals surface area contributed by atoms with E-state index in [9.17, 15) is 0 Å². The minimum atomic E-state index is 0.687. The van der Waals surface area contributed by atoms with Crippen molar-refractivity contribution >= 4 is 0 Å². The lowest BCUT2D eigenvalue weighted by Gasteiger charge is -1.89. The Kier molecular flexibility index (Phi) is 7.44. The van der Waals surface area contributed by atoms with E-state index >= 15 is 0 Å². The maximum absolute atomic E-state index is 5.26. The van der Waals surface area contributed by atoms with Crippen LogP contribution in [0.4, 0.5) is 0 Å². The van der Waals surface area contributed by atoms with Crippen molar-refractivity contribution in [2.75, 3.05) is 6.54 Å². The molecule has 0 saturated carbocycles. The third-order valence-corrected chi connectivity index (χ3v) is 1.28. The van der Waals surface area contributed by atoms with Crippen LogP contribution in [0.1, 0.15) is 32.6 Å². The molecule has 0 aliphatic carbocycles. The molecule has 0 aliphatic heterocycles. The molecule has 0 aromatic carbocycles. The highest BCUT2D eigenvalue weighted by Crippen LogP contribution is 1.98. The Labute approximate surface area is 57.9 Å². The van der Waals surface area contributed by atoms with Crippen LogP contribution in [0.15, 0.2) is 12.2 Å². The van der Waals surface area contributed by atoms with Gasteiger partial charge in [0.15, 0.2) is 0 Å². The summed E-state index contributed by atoms with van der Waals surface area (Å²) >= 11 is 0. The Morgan fingerprint density at radius 2 is 2.00 bits per heavy atom. The molecule has 0 rings (SSSR count). The maximum atomic E-state index is 5.26. The van der Waals surface area contributed by atoms with Gasteiger partial charge in [-0.15, -0.1) is 0 Å². The summed E-state index contributed by atoms with van der Waals surface area (Å²) in [6, 6.07) is 0. The highest BCUT2D eigenvalue weighted by molar-refractivity contribution is 4.81. The maximum Gasteiger partial charge on any atom is 0.0106 e. The van der Waals surface area contributed by atoms with E-state index in [2.05, 4.69) is 13.0 Å². The summed E-state index contributed by atoms with van der Waals surface area (Å²) in [6.07, 6.45) is 9.34. The average molecular weight is 127 g/mol. The van der Waals surface area contributed by atoms with Crippen LogP contribution in [0.2, 0.25) is 0 Å². The number of hydrogen-bond acceptors (Lipinski definition) is 1. The van der Waals surface area contributed by atoms with E-state index in [0.717, 1.165) is 0 Å². The van der Waals surface area contributed by atoms with Crippen molar-refractivity contribution in [2.24, 2.45) is 5.73 Å². The summed E-state index contributed by atoms with van der Waals surface area (Å²) in [5, 5.41) is 0. The molecule has 1 nitrogen and oxygen atoms in total. The first-order valence-electron chi connectivity index (χ1n) is 3.77. The Morgan fingerprint density at radius 1 is 1.22 bits per heavy atom. The van der Waals surface area contributed by atoms with Gasteiger partial charge < -0.3 is 5.73 Å². The zero-order chi connectivity index (χ0) is 6.95. The van der Waals surface area contributed by atoms with Gasteiger partial charge in [-0.25, -0.2) is 0 Å². The van der Waals surface area contributed by atoms with Crippen molar-refractivity contribution in [1.29, 1.82) is 0 Å². The zero-order valence-corrected chi connectivity index (χ0v) is 6.27. The van der Waals surface area contributed by atoms with Gasteiger partial charge in [-0.2, -0.15) is 0 Å². The minimum Gasteiger partial charge on any atom is -0.327 e. The molecule has 0 unspecified atom stereocenters. The lowest BCUT2D eigenvalue weighted by atomic mass is 10.2. The van der Waals surface area contributed by atoms with Gasteiger partial charge in [0, 0.05) is 6.54 Å². The van der Waals surface area contributed by atoms with E-state index in [4.69, 9.17) is 5.73 Å². The van der Waals surface area contributed by atoms with Crippen molar-refractivity contribution in [3.05, 3.63) is 12.2 Å². The molecule has 0 fully saturated rings. The van der Waals surface area contributed by atoms with Crippen molar-refractivity contribution in [2.45, 2.75) is 32.6 Å². The molecule has 9 heavy (non-hydrogen) atoms. The van der Waals surface area contributed by atoms with Crippen LogP contribution in [-0.2, 0) is 0 Å². The van der Waals surface area contributed by atoms with Gasteiger partial charge in [-0.3, -0.25) is 0 Å². The van der Waals surface area contributed by atoms with Crippen LogP contribution in [0.3, 0.4) is 0 Å². The molecular weight excluding hydrogens is 110 g/mol. The van der Waals surface area contributed by atoms with Crippen molar-refractivity contribution < 1.29 is 0 Å². The second-order valence-electron chi connectivity index (χ2n) is 2.20. The van der Waals surface area contributed by atoms with Crippen molar-refractivity contribution in [3.8, 4) is 0 Å². The predicted molar refractivity (Wildman–Crippen MR) is 42.3 cm³/mol. The van der Waals surface area contributed by atoms with Gasteiger partial charge >= 0.3 is 0 Å². The highest BCUT2D eigenvalue weighted by atomic mass is 14.5. The number of hydrogen-bond donors (Lipinski definition) is 1. The van der Waals surface area contributed by atoms with Crippen LogP contribution in [-0.4, -0.2) is 6.54 Å². The standard InChI is InChI=1S/C8H17N/c1-2-3-4-5-6-7-8-9/h6-7H,2-5,8-9H2,1H3/b7-6-. The van der Waals surface area contributed by atoms with Gasteiger partial charge in [-0.1, -0.05) is 31.9 Å². The summed E-state index contributed by atoms with van der Waals surface area (Å²) in [7, 11) is 0. The molecule has 1 heteroatoms. The predicted octanol–water partition coefficient (Wildman–Crippen LogP) is 2.08. The van der Waals surface area contributed by atoms with Crippen LogP contribution in [0.5, 0.6) is 0 Å². The zero-order valence-electron chi connectivity index (χ0n) is 6.27. The van der Waals surface area contributed by atoms with Crippen LogP contribution < -0.4 is 5.73 Å². The first kappa shape index (κ1) is 8.70. The molecule has 0 heterocycles. The first-order chi connectivity index (χ1) is 4.41. The quantitative estimate of drug-likeness (QED) is 0.444. The number of unbranched alkanes of at least 4 members (excludes halogenated alkanes) is 3. The van der Waals surface area contributed by atoms with E-state index in [-0.39, 0.29) is 0 Å². The van der Waals surface area contributed by atoms with E-state index in [1.165, 1.54) is 25.7 Å². The molecule has 0 spiro atoms. The first-order valence-corrected chi connectivity index (χ1v) is 3.77. The summed E-state index contributed by atoms with van der Waals surface area (Å²) in [6.45, 7) is 2.90. The fourth-order valence-electron chi connectivity index (χ4n) is 0.726. The third kappa shape index (κ3) is 7.70. The Balaban J connectivity index is 2.82. The average Bonchev–Trinajstić information content (AvgIpc) is 1.89. The fourth-order valence-corrected chi connectivity index (χ4v) is 0.726. The van der Waals surface area contributed by atoms with Crippen LogP contribution in [0, 0.1) is 0 Å². The second kappa shape index (κ2) is 7.70. The number of rotatable bonds is 5. The molecule has 0 aromatic rings. The third-order valence-electron chi connectivity index (χ3n) is 1.28. The van der Waals surface area contributed by atoms with Gasteiger partial charge in [-0.05, 0) is 12.8 Å². The summed E-state index contributed by atoms with van der Waals surface area (Å²) in [5.74, 6) is 0. The normalized spacial score (nSPS) is 10.9. The van der Waals surface area contributed by atoms with Gasteiger partial charge in [0.25, 0.3) is 0 Å². The molecule has 2 N–H and O–H groups in total. The second-order valence-corrected chi connectivity index (χ2v) is 2.20. The largest absolute Gasteiger partial charge is 0.327 e. The highest BCUT2D eigenvalue weighted by Gasteiger charge is 1.79. The molecule has 54 valence electrons.